The Kier molecular flexibility index (Phi) is 8.30. The number of benzene rings is 3. The standard InChI is InChI=1S/C35H34FN3O5/c1-4-43-33(40)13-11-27-29-20-32-28(23(3)37-39(32)35(41)44-21-24-8-6-5-7-9-24)19-31(29)38(26-10-12-30(36)22(2)18-26)34(27)25-14-16-42-17-15-25/h5-13,18-20,25H,4,14-17,21H2,1-3H3/b13-11+. The molecule has 8 nitrogen and oxygen atoms in total. The zero-order valence-corrected chi connectivity index (χ0v) is 25.0. The molecule has 0 atom stereocenters. The molecule has 0 amide bonds. The highest BCUT2D eigenvalue weighted by atomic mass is 19.1. The van der Waals surface area contributed by atoms with Crippen molar-refractivity contribution in [3.8, 4) is 5.69 Å². The Morgan fingerprint density at radius 2 is 1.75 bits per heavy atom. The van der Waals surface area contributed by atoms with Gasteiger partial charge in [0, 0.05) is 52.9 Å². The molecule has 226 valence electrons. The molecule has 1 aliphatic heterocycles. The van der Waals surface area contributed by atoms with Gasteiger partial charge in [0.2, 0.25) is 0 Å². The summed E-state index contributed by atoms with van der Waals surface area (Å²) < 4.78 is 34.4. The second-order valence-electron chi connectivity index (χ2n) is 11.0. The molecule has 0 aliphatic carbocycles. The number of fused-ring (bicyclic) bond motifs is 2. The third-order valence-electron chi connectivity index (χ3n) is 8.09. The van der Waals surface area contributed by atoms with E-state index in [4.69, 9.17) is 14.2 Å². The molecular formula is C35H34FN3O5. The van der Waals surface area contributed by atoms with Gasteiger partial charge in [0.1, 0.15) is 12.4 Å². The van der Waals surface area contributed by atoms with Gasteiger partial charge in [0.15, 0.2) is 0 Å². The summed E-state index contributed by atoms with van der Waals surface area (Å²) in [5, 5.41) is 6.15. The van der Waals surface area contributed by atoms with E-state index in [0.717, 1.165) is 51.6 Å². The Bertz CT molecular complexity index is 1880. The van der Waals surface area contributed by atoms with E-state index in [-0.39, 0.29) is 24.9 Å². The molecule has 3 aromatic carbocycles. The highest BCUT2D eigenvalue weighted by molar-refractivity contribution is 6.05. The number of ether oxygens (including phenoxy) is 3. The molecule has 5 aromatic rings. The Labute approximate surface area is 254 Å². The van der Waals surface area contributed by atoms with Crippen molar-refractivity contribution in [2.45, 2.75) is 46.1 Å². The normalized spacial score (nSPS) is 14.1. The average molecular weight is 596 g/mol. The first kappa shape index (κ1) is 29.3. The molecule has 9 heteroatoms. The zero-order chi connectivity index (χ0) is 30.8. The lowest BCUT2D eigenvalue weighted by atomic mass is 9.92. The van der Waals surface area contributed by atoms with Gasteiger partial charge < -0.3 is 18.8 Å². The van der Waals surface area contributed by atoms with Gasteiger partial charge in [-0.3, -0.25) is 0 Å². The molecule has 0 N–H and O–H groups in total. The molecule has 0 saturated carbocycles. The van der Waals surface area contributed by atoms with E-state index in [1.165, 1.54) is 16.8 Å². The Balaban J connectivity index is 1.58. The predicted octanol–water partition coefficient (Wildman–Crippen LogP) is 7.39. The van der Waals surface area contributed by atoms with E-state index in [2.05, 4.69) is 9.67 Å². The number of halogens is 1. The van der Waals surface area contributed by atoms with Crippen molar-refractivity contribution in [3.63, 3.8) is 0 Å². The van der Waals surface area contributed by atoms with Crippen molar-refractivity contribution in [3.05, 3.63) is 101 Å². The fourth-order valence-corrected chi connectivity index (χ4v) is 5.94. The zero-order valence-electron chi connectivity index (χ0n) is 25.0. The second-order valence-corrected chi connectivity index (χ2v) is 11.0. The Hall–Kier alpha value is -4.76. The first-order valence-electron chi connectivity index (χ1n) is 14.8. The molecule has 0 radical (unpaired) electrons. The number of esters is 1. The number of hydrogen-bond donors (Lipinski definition) is 0. The smallest absolute Gasteiger partial charge is 0.435 e. The van der Waals surface area contributed by atoms with Crippen molar-refractivity contribution in [2.24, 2.45) is 0 Å². The van der Waals surface area contributed by atoms with Crippen LogP contribution in [0.1, 0.15) is 53.8 Å². The number of hydrogen-bond acceptors (Lipinski definition) is 6. The fraction of sp³-hybridized carbons (Fsp3) is 0.286. The van der Waals surface area contributed by atoms with Crippen molar-refractivity contribution in [2.75, 3.05) is 19.8 Å². The van der Waals surface area contributed by atoms with Crippen LogP contribution in [0.5, 0.6) is 0 Å². The quantitative estimate of drug-likeness (QED) is 0.144. The predicted molar refractivity (Wildman–Crippen MR) is 166 cm³/mol. The summed E-state index contributed by atoms with van der Waals surface area (Å²) in [6.07, 6.45) is 4.20. The molecule has 0 unspecified atom stereocenters. The molecule has 0 bridgehead atoms. The topological polar surface area (TPSA) is 84.6 Å². The number of nitrogens with zero attached hydrogens (tertiary/aromatic N) is 3. The van der Waals surface area contributed by atoms with Crippen LogP contribution in [0.2, 0.25) is 0 Å². The van der Waals surface area contributed by atoms with E-state index in [0.29, 0.717) is 30.0 Å². The monoisotopic (exact) mass is 595 g/mol. The molecule has 2 aromatic heterocycles. The number of aryl methyl sites for hydroxylation is 2. The van der Waals surface area contributed by atoms with Gasteiger partial charge in [-0.15, -0.1) is 0 Å². The maximum atomic E-state index is 14.4. The molecule has 3 heterocycles. The van der Waals surface area contributed by atoms with Gasteiger partial charge in [0.25, 0.3) is 0 Å². The number of carbonyl (C=O) groups excluding carboxylic acids is 2. The van der Waals surface area contributed by atoms with Crippen molar-refractivity contribution >= 4 is 39.9 Å². The summed E-state index contributed by atoms with van der Waals surface area (Å²) in [5.74, 6) is -0.621. The van der Waals surface area contributed by atoms with Crippen molar-refractivity contribution in [1.82, 2.24) is 14.3 Å². The average Bonchev–Trinajstić information content (AvgIpc) is 3.54. The van der Waals surface area contributed by atoms with E-state index >= 15 is 0 Å². The SMILES string of the molecule is CCOC(=O)/C=C/c1c(C2CCOCC2)n(-c2ccc(F)c(C)c2)c2cc3c(C)nn(C(=O)OCc4ccccc4)c3cc12. The van der Waals surface area contributed by atoms with Crippen LogP contribution in [-0.2, 0) is 25.6 Å². The van der Waals surface area contributed by atoms with Crippen LogP contribution >= 0.6 is 0 Å². The molecule has 1 aliphatic rings. The van der Waals surface area contributed by atoms with Gasteiger partial charge in [-0.2, -0.15) is 9.78 Å². The van der Waals surface area contributed by atoms with Gasteiger partial charge in [-0.05, 0) is 81.1 Å². The summed E-state index contributed by atoms with van der Waals surface area (Å²) in [6, 6.07) is 18.5. The lowest BCUT2D eigenvalue weighted by molar-refractivity contribution is -0.137. The largest absolute Gasteiger partial charge is 0.463 e. The maximum Gasteiger partial charge on any atom is 0.435 e. The minimum Gasteiger partial charge on any atom is -0.463 e. The summed E-state index contributed by atoms with van der Waals surface area (Å²) >= 11 is 0. The fourth-order valence-electron chi connectivity index (χ4n) is 5.94. The molecule has 1 saturated heterocycles. The van der Waals surface area contributed by atoms with Crippen molar-refractivity contribution < 1.29 is 28.2 Å². The maximum absolute atomic E-state index is 14.4. The minimum atomic E-state index is -0.590. The first-order chi connectivity index (χ1) is 21.4. The molecule has 6 rings (SSSR count). The van der Waals surface area contributed by atoms with Gasteiger partial charge >= 0.3 is 12.1 Å². The van der Waals surface area contributed by atoms with E-state index in [1.54, 1.807) is 26.0 Å². The molecular weight excluding hydrogens is 561 g/mol. The first-order valence-corrected chi connectivity index (χ1v) is 14.8. The third kappa shape index (κ3) is 5.63. The molecule has 1 fully saturated rings. The number of aromatic nitrogens is 3. The van der Waals surface area contributed by atoms with Crippen LogP contribution in [0.15, 0.2) is 66.7 Å². The lowest BCUT2D eigenvalue weighted by Crippen LogP contribution is -2.17. The summed E-state index contributed by atoms with van der Waals surface area (Å²) in [6.45, 7) is 6.96. The van der Waals surface area contributed by atoms with Crippen LogP contribution in [0.3, 0.4) is 0 Å². The number of rotatable bonds is 7. The highest BCUT2D eigenvalue weighted by Gasteiger charge is 2.28. The highest BCUT2D eigenvalue weighted by Crippen LogP contribution is 2.41. The molecule has 44 heavy (non-hydrogen) atoms. The molecule has 0 spiro atoms. The van der Waals surface area contributed by atoms with Crippen LogP contribution in [0.4, 0.5) is 9.18 Å². The number of carbonyl (C=O) groups is 2. The Morgan fingerprint density at radius 3 is 2.48 bits per heavy atom. The van der Waals surface area contributed by atoms with Gasteiger partial charge in [-0.25, -0.2) is 14.0 Å². The van der Waals surface area contributed by atoms with Crippen LogP contribution < -0.4 is 0 Å². The van der Waals surface area contributed by atoms with Crippen LogP contribution in [0.25, 0.3) is 33.6 Å². The van der Waals surface area contributed by atoms with Crippen LogP contribution in [0, 0.1) is 19.7 Å². The van der Waals surface area contributed by atoms with Gasteiger partial charge in [-0.1, -0.05) is 30.3 Å². The minimum absolute atomic E-state index is 0.111. The van der Waals surface area contributed by atoms with Crippen molar-refractivity contribution in [1.29, 1.82) is 0 Å². The van der Waals surface area contributed by atoms with E-state index < -0.39 is 12.1 Å². The van der Waals surface area contributed by atoms with E-state index in [9.17, 15) is 14.0 Å². The van der Waals surface area contributed by atoms with Crippen LogP contribution in [-0.4, -0.2) is 46.2 Å². The van der Waals surface area contributed by atoms with Gasteiger partial charge in [0.05, 0.1) is 23.3 Å². The lowest BCUT2D eigenvalue weighted by Gasteiger charge is -2.25. The Morgan fingerprint density at radius 1 is 1.00 bits per heavy atom. The van der Waals surface area contributed by atoms with E-state index in [1.807, 2.05) is 55.5 Å². The summed E-state index contributed by atoms with van der Waals surface area (Å²) in [4.78, 5) is 25.8. The second kappa shape index (κ2) is 12.5. The summed E-state index contributed by atoms with van der Waals surface area (Å²) in [7, 11) is 0. The third-order valence-corrected chi connectivity index (χ3v) is 8.09. The summed E-state index contributed by atoms with van der Waals surface area (Å²) in [5.41, 5.74) is 6.13.